The lowest BCUT2D eigenvalue weighted by molar-refractivity contribution is 0.530. The third kappa shape index (κ3) is 4.32. The highest BCUT2D eigenvalue weighted by atomic mass is 79.9. The number of halogens is 2. The highest BCUT2D eigenvalue weighted by molar-refractivity contribution is 9.11. The molecule has 0 spiro atoms. The highest BCUT2D eigenvalue weighted by Crippen LogP contribution is 2.29. The van der Waals surface area contributed by atoms with E-state index in [9.17, 15) is 0 Å². The van der Waals surface area contributed by atoms with Crippen LogP contribution in [0.4, 0.5) is 0 Å². The Morgan fingerprint density at radius 1 is 1.30 bits per heavy atom. The van der Waals surface area contributed by atoms with E-state index < -0.39 is 0 Å². The van der Waals surface area contributed by atoms with Gasteiger partial charge in [0.25, 0.3) is 0 Å². The van der Waals surface area contributed by atoms with Gasteiger partial charge in [-0.3, -0.25) is 0 Å². The van der Waals surface area contributed by atoms with Crippen LogP contribution in [-0.2, 0) is 6.42 Å². The number of aryl methyl sites for hydroxylation is 1. The van der Waals surface area contributed by atoms with E-state index in [1.807, 2.05) is 6.07 Å². The van der Waals surface area contributed by atoms with Crippen LogP contribution in [0.25, 0.3) is 0 Å². The molecule has 0 saturated heterocycles. The molecule has 2 aromatic rings. The van der Waals surface area contributed by atoms with Gasteiger partial charge < -0.3 is 5.32 Å². The predicted octanol–water partition coefficient (Wildman–Crippen LogP) is 5.76. The molecule has 1 nitrogen and oxygen atoms in total. The lowest BCUT2D eigenvalue weighted by Gasteiger charge is -2.20. The molecular formula is C16H19BrClNS. The fourth-order valence-corrected chi connectivity index (χ4v) is 3.97. The summed E-state index contributed by atoms with van der Waals surface area (Å²) in [6.45, 7) is 5.36. The van der Waals surface area contributed by atoms with Crippen LogP contribution in [0.1, 0.15) is 35.4 Å². The summed E-state index contributed by atoms with van der Waals surface area (Å²) < 4.78 is 1.18. The molecule has 1 aromatic heterocycles. The third-order valence-corrected chi connectivity index (χ3v) is 5.17. The second kappa shape index (κ2) is 7.60. The Morgan fingerprint density at radius 3 is 2.75 bits per heavy atom. The van der Waals surface area contributed by atoms with Crippen LogP contribution >= 0.6 is 38.9 Å². The minimum Gasteiger partial charge on any atom is -0.310 e. The van der Waals surface area contributed by atoms with Gasteiger partial charge in [0.05, 0.1) is 3.79 Å². The number of thiophene rings is 1. The van der Waals surface area contributed by atoms with Gasteiger partial charge in [0.1, 0.15) is 0 Å². The molecule has 2 rings (SSSR count). The summed E-state index contributed by atoms with van der Waals surface area (Å²) in [6.07, 6.45) is 2.13. The Bertz CT molecular complexity index is 567. The minimum atomic E-state index is 0.319. The molecule has 0 bridgehead atoms. The average Bonchev–Trinajstić information content (AvgIpc) is 2.83. The van der Waals surface area contributed by atoms with Crippen LogP contribution in [0.3, 0.4) is 0 Å². The number of benzene rings is 1. The van der Waals surface area contributed by atoms with Crippen LogP contribution < -0.4 is 5.32 Å². The molecule has 4 heteroatoms. The smallest absolute Gasteiger partial charge is 0.0701 e. The van der Waals surface area contributed by atoms with Gasteiger partial charge in [-0.25, -0.2) is 0 Å². The van der Waals surface area contributed by atoms with E-state index in [4.69, 9.17) is 11.6 Å². The molecule has 1 atom stereocenters. The van der Waals surface area contributed by atoms with Crippen molar-refractivity contribution in [3.63, 3.8) is 0 Å². The molecule has 0 aliphatic carbocycles. The summed E-state index contributed by atoms with van der Waals surface area (Å²) in [6, 6.07) is 10.8. The Balaban J connectivity index is 2.24. The second-order valence-electron chi connectivity index (χ2n) is 4.92. The first-order chi connectivity index (χ1) is 9.60. The van der Waals surface area contributed by atoms with Crippen LogP contribution in [0.5, 0.6) is 0 Å². The van der Waals surface area contributed by atoms with E-state index in [1.165, 1.54) is 19.8 Å². The predicted molar refractivity (Wildman–Crippen MR) is 92.9 cm³/mol. The Hall–Kier alpha value is -0.350. The molecule has 1 aromatic carbocycles. The van der Waals surface area contributed by atoms with Crippen LogP contribution in [0.2, 0.25) is 5.02 Å². The number of hydrogen-bond acceptors (Lipinski definition) is 2. The van der Waals surface area contributed by atoms with Gasteiger partial charge in [0.2, 0.25) is 0 Å². The lowest BCUT2D eigenvalue weighted by atomic mass is 9.98. The highest BCUT2D eigenvalue weighted by Gasteiger charge is 2.15. The molecule has 0 amide bonds. The topological polar surface area (TPSA) is 12.0 Å². The average molecular weight is 373 g/mol. The first-order valence-corrected chi connectivity index (χ1v) is 8.82. The second-order valence-corrected chi connectivity index (χ2v) is 7.90. The zero-order chi connectivity index (χ0) is 14.5. The molecule has 1 unspecified atom stereocenters. The van der Waals surface area contributed by atoms with Crippen molar-refractivity contribution in [3.8, 4) is 0 Å². The summed E-state index contributed by atoms with van der Waals surface area (Å²) in [7, 11) is 0. The van der Waals surface area contributed by atoms with Gasteiger partial charge in [-0.05, 0) is 71.2 Å². The Labute approximate surface area is 138 Å². The maximum atomic E-state index is 6.17. The molecule has 0 saturated carbocycles. The van der Waals surface area contributed by atoms with E-state index in [1.54, 1.807) is 11.3 Å². The standard InChI is InChI=1S/C16H19BrClNS/c1-3-8-19-15(10-13-6-7-16(17)20-13)14-9-12(18)5-4-11(14)2/h4-7,9,15,19H,3,8,10H2,1-2H3. The van der Waals surface area contributed by atoms with Crippen molar-refractivity contribution in [2.24, 2.45) is 0 Å². The fourth-order valence-electron chi connectivity index (χ4n) is 2.26. The zero-order valence-electron chi connectivity index (χ0n) is 11.7. The number of nitrogens with one attached hydrogen (secondary N) is 1. The Kier molecular flexibility index (Phi) is 6.09. The normalized spacial score (nSPS) is 12.6. The zero-order valence-corrected chi connectivity index (χ0v) is 14.9. The monoisotopic (exact) mass is 371 g/mol. The van der Waals surface area contributed by atoms with Crippen molar-refractivity contribution in [1.82, 2.24) is 5.32 Å². The van der Waals surface area contributed by atoms with E-state index in [0.29, 0.717) is 6.04 Å². The minimum absolute atomic E-state index is 0.319. The summed E-state index contributed by atoms with van der Waals surface area (Å²) in [5, 5.41) is 4.45. The molecular weight excluding hydrogens is 354 g/mol. The van der Waals surface area contributed by atoms with Crippen molar-refractivity contribution >= 4 is 38.9 Å². The summed E-state index contributed by atoms with van der Waals surface area (Å²) in [4.78, 5) is 1.38. The summed E-state index contributed by atoms with van der Waals surface area (Å²) >= 11 is 11.5. The summed E-state index contributed by atoms with van der Waals surface area (Å²) in [5.74, 6) is 0. The molecule has 1 heterocycles. The lowest BCUT2D eigenvalue weighted by Crippen LogP contribution is -2.24. The van der Waals surface area contributed by atoms with E-state index in [-0.39, 0.29) is 0 Å². The van der Waals surface area contributed by atoms with Crippen molar-refractivity contribution < 1.29 is 0 Å². The van der Waals surface area contributed by atoms with Gasteiger partial charge in [0, 0.05) is 22.4 Å². The quantitative estimate of drug-likeness (QED) is 0.680. The van der Waals surface area contributed by atoms with Crippen molar-refractivity contribution in [2.45, 2.75) is 32.7 Å². The van der Waals surface area contributed by atoms with Gasteiger partial charge in [-0.1, -0.05) is 24.6 Å². The molecule has 0 radical (unpaired) electrons. The SMILES string of the molecule is CCCNC(Cc1ccc(Br)s1)c1cc(Cl)ccc1C. The van der Waals surface area contributed by atoms with Crippen molar-refractivity contribution in [1.29, 1.82) is 0 Å². The van der Waals surface area contributed by atoms with E-state index in [0.717, 1.165) is 24.4 Å². The molecule has 108 valence electrons. The maximum absolute atomic E-state index is 6.17. The van der Waals surface area contributed by atoms with Crippen LogP contribution in [0.15, 0.2) is 34.1 Å². The first-order valence-electron chi connectivity index (χ1n) is 6.83. The van der Waals surface area contributed by atoms with Crippen LogP contribution in [0, 0.1) is 6.92 Å². The van der Waals surface area contributed by atoms with E-state index in [2.05, 4.69) is 59.4 Å². The third-order valence-electron chi connectivity index (χ3n) is 3.29. The Morgan fingerprint density at radius 2 is 2.10 bits per heavy atom. The van der Waals surface area contributed by atoms with Crippen molar-refractivity contribution in [3.05, 3.63) is 55.1 Å². The first kappa shape index (κ1) is 16.0. The molecule has 1 N–H and O–H groups in total. The molecule has 0 fully saturated rings. The van der Waals surface area contributed by atoms with Gasteiger partial charge in [0.15, 0.2) is 0 Å². The van der Waals surface area contributed by atoms with E-state index >= 15 is 0 Å². The largest absolute Gasteiger partial charge is 0.310 e. The molecule has 0 aliphatic rings. The van der Waals surface area contributed by atoms with Crippen molar-refractivity contribution in [2.75, 3.05) is 6.54 Å². The van der Waals surface area contributed by atoms with Gasteiger partial charge in [-0.2, -0.15) is 0 Å². The maximum Gasteiger partial charge on any atom is 0.0701 e. The molecule has 0 aliphatic heterocycles. The fraction of sp³-hybridized carbons (Fsp3) is 0.375. The van der Waals surface area contributed by atoms with Gasteiger partial charge in [-0.15, -0.1) is 11.3 Å². The summed E-state index contributed by atoms with van der Waals surface area (Å²) in [5.41, 5.74) is 2.59. The van der Waals surface area contributed by atoms with Crippen LogP contribution in [-0.4, -0.2) is 6.54 Å². The van der Waals surface area contributed by atoms with Gasteiger partial charge >= 0.3 is 0 Å². The number of rotatable bonds is 6. The number of hydrogen-bond donors (Lipinski definition) is 1. The molecule has 20 heavy (non-hydrogen) atoms.